The number of anilines is 1. The van der Waals surface area contributed by atoms with E-state index < -0.39 is 4.92 Å². The smallest absolute Gasteiger partial charge is 0.311 e. The molecule has 2 N–H and O–H groups in total. The molecule has 1 aliphatic rings. The highest BCUT2D eigenvalue weighted by Gasteiger charge is 2.25. The number of nitro groups is 1. The fraction of sp³-hybridized carbons (Fsp3) is 0.462. The van der Waals surface area contributed by atoms with Crippen molar-refractivity contribution in [2.24, 2.45) is 11.7 Å². The van der Waals surface area contributed by atoms with Crippen molar-refractivity contribution in [3.05, 3.63) is 28.3 Å². The number of primary amides is 1. The quantitative estimate of drug-likeness (QED) is 0.661. The summed E-state index contributed by atoms with van der Waals surface area (Å²) in [7, 11) is 1.40. The second-order valence-electron chi connectivity index (χ2n) is 4.80. The number of carbonyl (C=O) groups is 1. The monoisotopic (exact) mass is 279 g/mol. The number of piperidine rings is 1. The van der Waals surface area contributed by atoms with Crippen LogP contribution in [0.4, 0.5) is 11.4 Å². The molecule has 1 aliphatic heterocycles. The van der Waals surface area contributed by atoms with E-state index in [0.717, 1.165) is 25.1 Å². The molecule has 1 aromatic carbocycles. The van der Waals surface area contributed by atoms with Gasteiger partial charge in [-0.05, 0) is 18.9 Å². The van der Waals surface area contributed by atoms with Crippen LogP contribution in [-0.4, -0.2) is 31.0 Å². The molecule has 2 rings (SSSR count). The van der Waals surface area contributed by atoms with Crippen molar-refractivity contribution in [2.45, 2.75) is 12.8 Å². The van der Waals surface area contributed by atoms with Crippen LogP contribution in [0.15, 0.2) is 18.2 Å². The van der Waals surface area contributed by atoms with Gasteiger partial charge in [0.2, 0.25) is 5.91 Å². The fourth-order valence-electron chi connectivity index (χ4n) is 2.46. The molecule has 0 saturated carbocycles. The maximum Gasteiger partial charge on any atom is 0.311 e. The maximum absolute atomic E-state index is 11.3. The van der Waals surface area contributed by atoms with Crippen molar-refractivity contribution in [1.29, 1.82) is 0 Å². The Morgan fingerprint density at radius 3 is 2.90 bits per heavy atom. The summed E-state index contributed by atoms with van der Waals surface area (Å²) < 4.78 is 5.05. The molecule has 1 unspecified atom stereocenters. The standard InChI is InChI=1S/C13H17N3O4/c1-20-12-7-10(4-5-11(12)16(18)19)15-6-2-3-9(8-15)13(14)17/h4-5,7,9H,2-3,6,8H2,1H3,(H2,14,17). The first kappa shape index (κ1) is 14.1. The Labute approximate surface area is 116 Å². The summed E-state index contributed by atoms with van der Waals surface area (Å²) in [6.45, 7) is 1.33. The number of methoxy groups -OCH3 is 1. The Bertz CT molecular complexity index is 532. The number of carbonyl (C=O) groups excluding carboxylic acids is 1. The second kappa shape index (κ2) is 5.77. The molecule has 1 fully saturated rings. The number of nitrogens with two attached hydrogens (primary N) is 1. The molecular weight excluding hydrogens is 262 g/mol. The van der Waals surface area contributed by atoms with Crippen LogP contribution in [0.5, 0.6) is 5.75 Å². The number of nitrogens with zero attached hydrogens (tertiary/aromatic N) is 2. The number of nitro benzene ring substituents is 1. The zero-order valence-electron chi connectivity index (χ0n) is 11.2. The van der Waals surface area contributed by atoms with Gasteiger partial charge in [0.15, 0.2) is 5.75 Å². The zero-order chi connectivity index (χ0) is 14.7. The van der Waals surface area contributed by atoms with Gasteiger partial charge in [-0.25, -0.2) is 0 Å². The number of rotatable bonds is 4. The molecule has 1 heterocycles. The third kappa shape index (κ3) is 2.81. The Kier molecular flexibility index (Phi) is 4.07. The van der Waals surface area contributed by atoms with Crippen molar-refractivity contribution >= 4 is 17.3 Å². The average Bonchev–Trinajstić information content (AvgIpc) is 2.46. The van der Waals surface area contributed by atoms with E-state index in [1.165, 1.54) is 13.2 Å². The number of ether oxygens (including phenoxy) is 1. The summed E-state index contributed by atoms with van der Waals surface area (Å²) in [6, 6.07) is 4.72. The van der Waals surface area contributed by atoms with E-state index in [9.17, 15) is 14.9 Å². The summed E-state index contributed by atoms with van der Waals surface area (Å²) >= 11 is 0. The minimum atomic E-state index is -0.481. The molecule has 108 valence electrons. The molecule has 7 heteroatoms. The highest BCUT2D eigenvalue weighted by Crippen LogP contribution is 2.33. The van der Waals surface area contributed by atoms with Crippen LogP contribution < -0.4 is 15.4 Å². The van der Waals surface area contributed by atoms with Crippen LogP contribution in [0.3, 0.4) is 0 Å². The largest absolute Gasteiger partial charge is 0.490 e. The molecular formula is C13H17N3O4. The summed E-state index contributed by atoms with van der Waals surface area (Å²) in [4.78, 5) is 23.7. The van der Waals surface area contributed by atoms with Crippen LogP contribution in [0.1, 0.15) is 12.8 Å². The molecule has 0 radical (unpaired) electrons. The third-order valence-corrected chi connectivity index (χ3v) is 3.55. The van der Waals surface area contributed by atoms with Gasteiger partial charge in [0.05, 0.1) is 18.0 Å². The number of hydrogen-bond acceptors (Lipinski definition) is 5. The highest BCUT2D eigenvalue weighted by molar-refractivity contribution is 5.77. The van der Waals surface area contributed by atoms with Gasteiger partial charge in [-0.3, -0.25) is 14.9 Å². The van der Waals surface area contributed by atoms with Gasteiger partial charge in [-0.2, -0.15) is 0 Å². The van der Waals surface area contributed by atoms with Crippen molar-refractivity contribution < 1.29 is 14.5 Å². The Morgan fingerprint density at radius 1 is 1.55 bits per heavy atom. The lowest BCUT2D eigenvalue weighted by Gasteiger charge is -2.33. The third-order valence-electron chi connectivity index (χ3n) is 3.55. The molecule has 1 atom stereocenters. The van der Waals surface area contributed by atoms with Gasteiger partial charge in [0.1, 0.15) is 0 Å². The van der Waals surface area contributed by atoms with Gasteiger partial charge in [0.25, 0.3) is 0 Å². The lowest BCUT2D eigenvalue weighted by atomic mass is 9.97. The fourth-order valence-corrected chi connectivity index (χ4v) is 2.46. The second-order valence-corrected chi connectivity index (χ2v) is 4.80. The Balaban J connectivity index is 2.24. The summed E-state index contributed by atoms with van der Waals surface area (Å²) in [6.07, 6.45) is 1.66. The lowest BCUT2D eigenvalue weighted by Crippen LogP contribution is -2.41. The highest BCUT2D eigenvalue weighted by atomic mass is 16.6. The van der Waals surface area contributed by atoms with Crippen molar-refractivity contribution in [1.82, 2.24) is 0 Å². The van der Waals surface area contributed by atoms with Gasteiger partial charge < -0.3 is 15.4 Å². The molecule has 20 heavy (non-hydrogen) atoms. The molecule has 0 aromatic heterocycles. The van der Waals surface area contributed by atoms with Crippen molar-refractivity contribution in [3.8, 4) is 5.75 Å². The van der Waals surface area contributed by atoms with Crippen LogP contribution in [0.25, 0.3) is 0 Å². The van der Waals surface area contributed by atoms with E-state index in [1.54, 1.807) is 12.1 Å². The van der Waals surface area contributed by atoms with E-state index in [4.69, 9.17) is 10.5 Å². The molecule has 7 nitrogen and oxygen atoms in total. The lowest BCUT2D eigenvalue weighted by molar-refractivity contribution is -0.385. The maximum atomic E-state index is 11.3. The van der Waals surface area contributed by atoms with Crippen molar-refractivity contribution in [3.63, 3.8) is 0 Å². The predicted molar refractivity (Wildman–Crippen MR) is 73.8 cm³/mol. The molecule has 0 aliphatic carbocycles. The predicted octanol–water partition coefficient (Wildman–Crippen LogP) is 1.31. The van der Waals surface area contributed by atoms with Crippen LogP contribution in [0.2, 0.25) is 0 Å². The molecule has 1 saturated heterocycles. The van der Waals surface area contributed by atoms with E-state index in [1.807, 2.05) is 4.90 Å². The summed E-state index contributed by atoms with van der Waals surface area (Å²) in [5.41, 5.74) is 6.08. The Morgan fingerprint density at radius 2 is 2.30 bits per heavy atom. The van der Waals surface area contributed by atoms with Gasteiger partial charge >= 0.3 is 5.69 Å². The first-order valence-electron chi connectivity index (χ1n) is 6.39. The first-order valence-corrected chi connectivity index (χ1v) is 6.39. The minimum Gasteiger partial charge on any atom is -0.490 e. The molecule has 0 bridgehead atoms. The topological polar surface area (TPSA) is 98.7 Å². The van der Waals surface area contributed by atoms with E-state index in [2.05, 4.69) is 0 Å². The first-order chi connectivity index (χ1) is 9.52. The van der Waals surface area contributed by atoms with Gasteiger partial charge in [-0.15, -0.1) is 0 Å². The normalized spacial score (nSPS) is 18.6. The van der Waals surface area contributed by atoms with Crippen LogP contribution >= 0.6 is 0 Å². The average molecular weight is 279 g/mol. The summed E-state index contributed by atoms with van der Waals surface area (Å²) in [5.74, 6) is -0.262. The van der Waals surface area contributed by atoms with Crippen LogP contribution in [0, 0.1) is 16.0 Å². The summed E-state index contributed by atoms with van der Waals surface area (Å²) in [5, 5.41) is 10.9. The Hall–Kier alpha value is -2.31. The number of hydrogen-bond donors (Lipinski definition) is 1. The van der Waals surface area contributed by atoms with Crippen molar-refractivity contribution in [2.75, 3.05) is 25.1 Å². The SMILES string of the molecule is COc1cc(N2CCCC(C(N)=O)C2)ccc1[N+](=O)[O-]. The van der Waals surface area contributed by atoms with Gasteiger partial charge in [0, 0.05) is 30.9 Å². The van der Waals surface area contributed by atoms with Gasteiger partial charge in [-0.1, -0.05) is 0 Å². The molecule has 1 aromatic rings. The molecule has 0 spiro atoms. The van der Waals surface area contributed by atoms with E-state index in [-0.39, 0.29) is 23.3 Å². The zero-order valence-corrected chi connectivity index (χ0v) is 11.2. The minimum absolute atomic E-state index is 0.0697. The van der Waals surface area contributed by atoms with E-state index in [0.29, 0.717) is 6.54 Å². The number of amides is 1. The van der Waals surface area contributed by atoms with Crippen LogP contribution in [-0.2, 0) is 4.79 Å². The number of benzene rings is 1. The molecule has 1 amide bonds. The van der Waals surface area contributed by atoms with E-state index >= 15 is 0 Å².